The zero-order valence-electron chi connectivity index (χ0n) is 20.2. The van der Waals surface area contributed by atoms with Crippen LogP contribution in [-0.4, -0.2) is 56.1 Å². The van der Waals surface area contributed by atoms with E-state index in [1.54, 1.807) is 35.2 Å². The molecule has 0 fully saturated rings. The van der Waals surface area contributed by atoms with Gasteiger partial charge in [-0.25, -0.2) is 0 Å². The van der Waals surface area contributed by atoms with Gasteiger partial charge in [0.05, 0.1) is 23.6 Å². The first kappa shape index (κ1) is 24.8. The SMILES string of the molecule is C=CCOc1ccc(C2c3c(oc4ccc(Cl)cc4c3=O)C(=O)N2CCCN(C)C)cc1OCC. The van der Waals surface area contributed by atoms with Crippen molar-refractivity contribution in [3.8, 4) is 11.5 Å². The van der Waals surface area contributed by atoms with E-state index in [0.717, 1.165) is 18.5 Å². The van der Waals surface area contributed by atoms with E-state index < -0.39 is 6.04 Å². The van der Waals surface area contributed by atoms with Gasteiger partial charge >= 0.3 is 0 Å². The summed E-state index contributed by atoms with van der Waals surface area (Å²) >= 11 is 6.17. The van der Waals surface area contributed by atoms with Crippen LogP contribution in [0.1, 0.15) is 41.1 Å². The second kappa shape index (κ2) is 10.5. The highest BCUT2D eigenvalue weighted by atomic mass is 35.5. The van der Waals surface area contributed by atoms with Crippen LogP contribution in [0.3, 0.4) is 0 Å². The van der Waals surface area contributed by atoms with Crippen molar-refractivity contribution in [2.24, 2.45) is 0 Å². The molecular weight excluding hydrogens is 468 g/mol. The van der Waals surface area contributed by atoms with E-state index in [-0.39, 0.29) is 17.1 Å². The van der Waals surface area contributed by atoms with Crippen LogP contribution >= 0.6 is 11.6 Å². The van der Waals surface area contributed by atoms with Crippen LogP contribution in [0.25, 0.3) is 11.0 Å². The van der Waals surface area contributed by atoms with Gasteiger partial charge in [0.15, 0.2) is 16.9 Å². The van der Waals surface area contributed by atoms with E-state index in [1.807, 2.05) is 33.2 Å². The van der Waals surface area contributed by atoms with Gasteiger partial charge in [0, 0.05) is 11.6 Å². The molecule has 0 aliphatic carbocycles. The van der Waals surface area contributed by atoms with Crippen molar-refractivity contribution < 1.29 is 18.7 Å². The predicted molar refractivity (Wildman–Crippen MR) is 137 cm³/mol. The molecule has 2 heterocycles. The minimum Gasteiger partial charge on any atom is -0.490 e. The number of amides is 1. The van der Waals surface area contributed by atoms with Crippen LogP contribution in [0.4, 0.5) is 0 Å². The highest BCUT2D eigenvalue weighted by Gasteiger charge is 2.42. The van der Waals surface area contributed by atoms with E-state index >= 15 is 0 Å². The highest BCUT2D eigenvalue weighted by molar-refractivity contribution is 6.31. The van der Waals surface area contributed by atoms with Crippen LogP contribution in [0.2, 0.25) is 5.02 Å². The summed E-state index contributed by atoms with van der Waals surface area (Å²) in [6.45, 7) is 7.60. The highest BCUT2D eigenvalue weighted by Crippen LogP contribution is 2.41. The van der Waals surface area contributed by atoms with E-state index in [1.165, 1.54) is 0 Å². The van der Waals surface area contributed by atoms with Gasteiger partial charge in [0.25, 0.3) is 5.91 Å². The molecule has 3 aromatic rings. The number of hydrogen-bond acceptors (Lipinski definition) is 6. The molecular formula is C27H29ClN2O5. The molecule has 1 amide bonds. The first-order valence-corrected chi connectivity index (χ1v) is 12.0. The summed E-state index contributed by atoms with van der Waals surface area (Å²) in [5.41, 5.74) is 1.13. The maximum absolute atomic E-state index is 13.7. The number of nitrogens with zero attached hydrogens (tertiary/aromatic N) is 2. The Bertz CT molecular complexity index is 1320. The summed E-state index contributed by atoms with van der Waals surface area (Å²) in [5, 5.41) is 0.774. The fraction of sp³-hybridized carbons (Fsp3) is 0.333. The van der Waals surface area contributed by atoms with Gasteiger partial charge in [-0.15, -0.1) is 0 Å². The lowest BCUT2D eigenvalue weighted by Crippen LogP contribution is -2.32. The molecule has 2 aromatic carbocycles. The monoisotopic (exact) mass is 496 g/mol. The quantitative estimate of drug-likeness (QED) is 0.371. The maximum atomic E-state index is 13.7. The van der Waals surface area contributed by atoms with Crippen LogP contribution in [0, 0.1) is 0 Å². The van der Waals surface area contributed by atoms with Crippen LogP contribution < -0.4 is 14.9 Å². The van der Waals surface area contributed by atoms with Gasteiger partial charge in [0.1, 0.15) is 12.2 Å². The molecule has 0 bridgehead atoms. The Morgan fingerprint density at radius 3 is 2.66 bits per heavy atom. The number of ether oxygens (including phenoxy) is 2. The summed E-state index contributed by atoms with van der Waals surface area (Å²) < 4.78 is 17.5. The van der Waals surface area contributed by atoms with E-state index in [0.29, 0.717) is 52.8 Å². The molecule has 1 aromatic heterocycles. The average molecular weight is 497 g/mol. The minimum absolute atomic E-state index is 0.0737. The molecule has 7 nitrogen and oxygen atoms in total. The Morgan fingerprint density at radius 2 is 1.94 bits per heavy atom. The topological polar surface area (TPSA) is 72.2 Å². The van der Waals surface area contributed by atoms with Gasteiger partial charge in [-0.05, 0) is 69.9 Å². The van der Waals surface area contributed by atoms with Gasteiger partial charge in [-0.1, -0.05) is 30.3 Å². The van der Waals surface area contributed by atoms with Crippen molar-refractivity contribution in [3.63, 3.8) is 0 Å². The molecule has 8 heteroatoms. The molecule has 184 valence electrons. The second-order valence-electron chi connectivity index (χ2n) is 8.61. The molecule has 35 heavy (non-hydrogen) atoms. The molecule has 1 aliphatic heterocycles. The minimum atomic E-state index is -0.619. The number of carbonyl (C=O) groups is 1. The summed E-state index contributed by atoms with van der Waals surface area (Å²) in [4.78, 5) is 31.0. The third-order valence-corrected chi connectivity index (χ3v) is 6.11. The summed E-state index contributed by atoms with van der Waals surface area (Å²) in [7, 11) is 3.96. The second-order valence-corrected chi connectivity index (χ2v) is 9.05. The Hall–Kier alpha value is -3.29. The van der Waals surface area contributed by atoms with Crippen molar-refractivity contribution in [2.75, 3.05) is 40.4 Å². The summed E-state index contributed by atoms with van der Waals surface area (Å²) in [6, 6.07) is 9.70. The van der Waals surface area contributed by atoms with Gasteiger partial charge in [0.2, 0.25) is 5.76 Å². The number of rotatable bonds is 10. The molecule has 0 saturated heterocycles. The number of hydrogen-bond donors (Lipinski definition) is 0. The molecule has 0 spiro atoms. The zero-order chi connectivity index (χ0) is 25.1. The van der Waals surface area contributed by atoms with Crippen LogP contribution in [0.15, 0.2) is 58.3 Å². The van der Waals surface area contributed by atoms with Crippen molar-refractivity contribution in [3.05, 3.63) is 81.2 Å². The predicted octanol–water partition coefficient (Wildman–Crippen LogP) is 4.91. The third kappa shape index (κ3) is 4.92. The zero-order valence-corrected chi connectivity index (χ0v) is 20.9. The summed E-state index contributed by atoms with van der Waals surface area (Å²) in [6.07, 6.45) is 2.39. The molecule has 1 atom stereocenters. The fourth-order valence-corrected chi connectivity index (χ4v) is 4.53. The van der Waals surface area contributed by atoms with E-state index in [2.05, 4.69) is 11.5 Å². The van der Waals surface area contributed by atoms with Crippen LogP contribution in [0.5, 0.6) is 11.5 Å². The van der Waals surface area contributed by atoms with Crippen molar-refractivity contribution in [1.82, 2.24) is 9.80 Å². The standard InChI is InChI=1S/C27H29ClN2O5/c1-5-14-34-21-10-8-17(15-22(21)33-6-2)24-23-25(31)19-16-18(28)9-11-20(19)35-26(23)27(32)30(24)13-7-12-29(3)4/h5,8-11,15-16,24H,1,6-7,12-14H2,2-4H3. The molecule has 4 rings (SSSR count). The van der Waals surface area contributed by atoms with E-state index in [9.17, 15) is 9.59 Å². The normalized spacial score (nSPS) is 15.1. The average Bonchev–Trinajstić information content (AvgIpc) is 3.10. The first-order valence-electron chi connectivity index (χ1n) is 11.6. The Labute approximate surface area is 209 Å². The number of carbonyl (C=O) groups excluding carboxylic acids is 1. The Morgan fingerprint density at radius 1 is 1.14 bits per heavy atom. The van der Waals surface area contributed by atoms with Gasteiger partial charge < -0.3 is 23.7 Å². The molecule has 0 radical (unpaired) electrons. The largest absolute Gasteiger partial charge is 0.490 e. The number of fused-ring (bicyclic) bond motifs is 2. The molecule has 1 aliphatic rings. The molecule has 0 saturated carbocycles. The smallest absolute Gasteiger partial charge is 0.290 e. The molecule has 1 unspecified atom stereocenters. The lowest BCUT2D eigenvalue weighted by molar-refractivity contribution is 0.0722. The number of halogens is 1. The Kier molecular flexibility index (Phi) is 7.48. The third-order valence-electron chi connectivity index (χ3n) is 5.87. The maximum Gasteiger partial charge on any atom is 0.290 e. The summed E-state index contributed by atoms with van der Waals surface area (Å²) in [5.74, 6) is 0.873. The van der Waals surface area contributed by atoms with Crippen molar-refractivity contribution in [2.45, 2.75) is 19.4 Å². The van der Waals surface area contributed by atoms with Gasteiger partial charge in [-0.3, -0.25) is 9.59 Å². The number of benzene rings is 2. The lowest BCUT2D eigenvalue weighted by atomic mass is 9.98. The van der Waals surface area contributed by atoms with Crippen LogP contribution in [-0.2, 0) is 0 Å². The van der Waals surface area contributed by atoms with Crippen molar-refractivity contribution in [1.29, 1.82) is 0 Å². The molecule has 0 N–H and O–H groups in total. The van der Waals surface area contributed by atoms with E-state index in [4.69, 9.17) is 25.5 Å². The first-order chi connectivity index (χ1) is 16.8. The lowest BCUT2D eigenvalue weighted by Gasteiger charge is -2.26. The van der Waals surface area contributed by atoms with Gasteiger partial charge in [-0.2, -0.15) is 0 Å². The fourth-order valence-electron chi connectivity index (χ4n) is 4.36. The van der Waals surface area contributed by atoms with Crippen molar-refractivity contribution >= 4 is 28.5 Å². The Balaban J connectivity index is 1.87.